The Bertz CT molecular complexity index is 245. The Kier molecular flexibility index (Phi) is 50.4. The van der Waals surface area contributed by atoms with Crippen molar-refractivity contribution in [2.75, 3.05) is 0 Å². The Morgan fingerprint density at radius 3 is 1.05 bits per heavy atom. The highest BCUT2D eigenvalue weighted by Gasteiger charge is 2.29. The second kappa shape index (κ2) is 19.4. The molecule has 0 bridgehead atoms. The maximum Gasteiger partial charge on any atom is 0.114 e. The van der Waals surface area contributed by atoms with Crippen LogP contribution in [0.1, 0.15) is 12.8 Å². The van der Waals surface area contributed by atoms with Crippen molar-refractivity contribution in [2.45, 2.75) is 18.4 Å². The van der Waals surface area contributed by atoms with Gasteiger partial charge in [0.2, 0.25) is 0 Å². The summed E-state index contributed by atoms with van der Waals surface area (Å²) >= 11 is 0. The van der Waals surface area contributed by atoms with Gasteiger partial charge >= 0.3 is 0 Å². The molecule has 0 rings (SSSR count). The standard InChI is InChI=1S/C6H8O7.5H3N.2H2O/c7-3(8)1-6(13,5(11)12)2-4(9)10;;;;;;;/h13H,1-2H2,(H,7,8)(H,9,10)(H,11,12);5*1H3;2*1H2. The van der Waals surface area contributed by atoms with Crippen LogP contribution in [0.15, 0.2) is 0 Å². The normalized spacial score (nSPS) is 7.05. The number of rotatable bonds is 5. The van der Waals surface area contributed by atoms with E-state index in [1.807, 2.05) is 0 Å². The van der Waals surface area contributed by atoms with E-state index in [2.05, 4.69) is 0 Å². The van der Waals surface area contributed by atoms with Gasteiger partial charge in [-0.1, -0.05) is 0 Å². The van der Waals surface area contributed by atoms with Gasteiger partial charge in [0.25, 0.3) is 0 Å². The average Bonchev–Trinajstić information content (AvgIpc) is 1.82. The molecule has 0 spiro atoms. The average molecular weight is 313 g/mol. The van der Waals surface area contributed by atoms with Crippen LogP contribution in [0.25, 0.3) is 0 Å². The van der Waals surface area contributed by atoms with E-state index in [9.17, 15) is 29.7 Å². The molecule has 0 aromatic heterocycles. The van der Waals surface area contributed by atoms with E-state index in [-0.39, 0.29) is 41.7 Å². The Labute approximate surface area is 114 Å². The minimum atomic E-state index is -2.97. The molecule has 0 saturated carbocycles. The summed E-state index contributed by atoms with van der Waals surface area (Å²) in [5, 5.41) is 38.9. The smallest absolute Gasteiger partial charge is 0.114 e. The van der Waals surface area contributed by atoms with Crippen LogP contribution in [0.5, 0.6) is 0 Å². The summed E-state index contributed by atoms with van der Waals surface area (Å²) in [6, 6.07) is 0. The molecule has 0 amide bonds. The van der Waals surface area contributed by atoms with Gasteiger partial charge in [-0.3, -0.25) is 0 Å². The van der Waals surface area contributed by atoms with Crippen LogP contribution in [0.4, 0.5) is 0 Å². The number of aliphatic hydroxyl groups is 1. The first-order valence-electron chi connectivity index (χ1n) is 3.11. The molecular weight excluding hydrogens is 286 g/mol. The first-order chi connectivity index (χ1) is 5.78. The van der Waals surface area contributed by atoms with Gasteiger partial charge < -0.3 is 76.5 Å². The molecule has 23 N–H and O–H groups in total. The molecule has 14 heteroatoms. The number of carbonyl (C=O) groups excluding carboxylic acids is 3. The summed E-state index contributed by atoms with van der Waals surface area (Å²) in [5.41, 5.74) is -2.97. The van der Waals surface area contributed by atoms with Crippen molar-refractivity contribution in [3.05, 3.63) is 0 Å². The molecule has 130 valence electrons. The van der Waals surface area contributed by atoms with Crippen molar-refractivity contribution in [2.24, 2.45) is 0 Å². The third-order valence-corrected chi connectivity index (χ3v) is 1.25. The molecule has 0 fully saturated rings. The summed E-state index contributed by atoms with van der Waals surface area (Å²) < 4.78 is 0. The largest absolute Gasteiger partial charge is 0.870 e. The number of aliphatic carboxylic acids is 3. The molecule has 20 heavy (non-hydrogen) atoms. The lowest BCUT2D eigenvalue weighted by molar-refractivity contribution is -0.339. The molecule has 0 unspecified atom stereocenters. The predicted molar refractivity (Wildman–Crippen MR) is 63.0 cm³/mol. The van der Waals surface area contributed by atoms with E-state index in [0.29, 0.717) is 0 Å². The van der Waals surface area contributed by atoms with E-state index in [4.69, 9.17) is 5.11 Å². The highest BCUT2D eigenvalue weighted by molar-refractivity contribution is 5.86. The number of quaternary nitrogens is 5. The van der Waals surface area contributed by atoms with Gasteiger partial charge in [-0.2, -0.15) is 0 Å². The highest BCUT2D eigenvalue weighted by Crippen LogP contribution is 2.13. The lowest BCUT2D eigenvalue weighted by atomic mass is 9.96. The number of carbonyl (C=O) groups is 3. The second-order valence-electron chi connectivity index (χ2n) is 2.42. The fraction of sp³-hybridized carbons (Fsp3) is 0.500. The molecule has 0 saturated heterocycles. The predicted octanol–water partition coefficient (Wildman–Crippen LogP) is -3.73. The second-order valence-corrected chi connectivity index (χ2v) is 2.42. The lowest BCUT2D eigenvalue weighted by Gasteiger charge is -2.29. The van der Waals surface area contributed by atoms with Gasteiger partial charge in [0, 0.05) is 24.8 Å². The zero-order valence-corrected chi connectivity index (χ0v) is 12.2. The topological polar surface area (TPSA) is 383 Å². The first-order valence-corrected chi connectivity index (χ1v) is 3.11. The fourth-order valence-electron chi connectivity index (χ4n) is 0.684. The summed E-state index contributed by atoms with van der Waals surface area (Å²) in [4.78, 5) is 30.0. The number of carboxylic acid groups (broad SMARTS) is 3. The number of hydrogen-bond donors (Lipinski definition) is 6. The Hall–Kier alpha value is -1.91. The maximum absolute atomic E-state index is 10.1. The summed E-state index contributed by atoms with van der Waals surface area (Å²) in [6.45, 7) is 0. The van der Waals surface area contributed by atoms with Crippen molar-refractivity contribution >= 4 is 17.9 Å². The molecule has 0 aromatic rings. The maximum atomic E-state index is 10.1. The highest BCUT2D eigenvalue weighted by atomic mass is 16.4. The summed E-state index contributed by atoms with van der Waals surface area (Å²) in [6.07, 6.45) is -2.72. The molecule has 0 heterocycles. The molecule has 0 radical (unpaired) electrons. The Morgan fingerprint density at radius 1 is 0.750 bits per heavy atom. The molecule has 0 aliphatic heterocycles. The van der Waals surface area contributed by atoms with Gasteiger partial charge in [0.1, 0.15) is 5.60 Å². The summed E-state index contributed by atoms with van der Waals surface area (Å²) in [5.74, 6) is -5.98. The molecular formula is C6H27N5O9. The number of hydrogen-bond acceptors (Lipinski definition) is 9. The van der Waals surface area contributed by atoms with Gasteiger partial charge in [-0.05, 0) is 0 Å². The van der Waals surface area contributed by atoms with Gasteiger partial charge in [0.15, 0.2) is 0 Å². The van der Waals surface area contributed by atoms with E-state index >= 15 is 0 Å². The molecule has 0 atom stereocenters. The van der Waals surface area contributed by atoms with Crippen molar-refractivity contribution in [3.8, 4) is 0 Å². The van der Waals surface area contributed by atoms with Crippen molar-refractivity contribution < 1.29 is 45.8 Å². The zero-order chi connectivity index (χ0) is 10.6. The molecule has 0 aliphatic rings. The molecule has 14 nitrogen and oxygen atoms in total. The van der Waals surface area contributed by atoms with Gasteiger partial charge in [-0.15, -0.1) is 0 Å². The number of carboxylic acids is 3. The molecule has 0 aromatic carbocycles. The lowest BCUT2D eigenvalue weighted by Crippen LogP contribution is -2.54. The van der Waals surface area contributed by atoms with E-state index < -0.39 is 36.4 Å². The van der Waals surface area contributed by atoms with E-state index in [1.165, 1.54) is 0 Å². The van der Waals surface area contributed by atoms with Crippen molar-refractivity contribution in [3.63, 3.8) is 0 Å². The minimum absolute atomic E-state index is 0. The first kappa shape index (κ1) is 51.9. The van der Waals surface area contributed by atoms with Crippen LogP contribution >= 0.6 is 0 Å². The van der Waals surface area contributed by atoms with E-state index in [1.54, 1.807) is 0 Å². The van der Waals surface area contributed by atoms with Crippen LogP contribution in [0.2, 0.25) is 0 Å². The third-order valence-electron chi connectivity index (χ3n) is 1.25. The quantitative estimate of drug-likeness (QED) is 0.289. The SMILES string of the molecule is O=C([O-])CC(O)(CC(=O)[O-])C(=O)[O-].[NH4+].[NH4+].[NH4+].[NH4+].[NH4+].[OH-].[OH-]. The van der Waals surface area contributed by atoms with Crippen LogP contribution in [0, 0.1) is 0 Å². The monoisotopic (exact) mass is 313 g/mol. The van der Waals surface area contributed by atoms with E-state index in [0.717, 1.165) is 0 Å². The zero-order valence-electron chi connectivity index (χ0n) is 12.2. The summed E-state index contributed by atoms with van der Waals surface area (Å²) in [7, 11) is 0. The van der Waals surface area contributed by atoms with Gasteiger partial charge in [0.05, 0.1) is 5.97 Å². The van der Waals surface area contributed by atoms with Crippen LogP contribution < -0.4 is 46.1 Å². The van der Waals surface area contributed by atoms with Crippen LogP contribution in [-0.4, -0.2) is 39.6 Å². The third kappa shape index (κ3) is 18.5. The minimum Gasteiger partial charge on any atom is -0.870 e. The van der Waals surface area contributed by atoms with Crippen LogP contribution in [0.3, 0.4) is 0 Å². The van der Waals surface area contributed by atoms with Crippen LogP contribution in [-0.2, 0) is 14.4 Å². The molecule has 0 aliphatic carbocycles. The Balaban J connectivity index is -0.0000000343. The Morgan fingerprint density at radius 2 is 0.950 bits per heavy atom. The fourth-order valence-corrected chi connectivity index (χ4v) is 0.684. The van der Waals surface area contributed by atoms with Crippen molar-refractivity contribution in [1.29, 1.82) is 0 Å². The van der Waals surface area contributed by atoms with Gasteiger partial charge in [-0.25, -0.2) is 0 Å². The van der Waals surface area contributed by atoms with Crippen molar-refractivity contribution in [1.82, 2.24) is 30.8 Å².